The Morgan fingerprint density at radius 2 is 2.12 bits per heavy atom. The van der Waals surface area contributed by atoms with E-state index in [1.165, 1.54) is 25.9 Å². The highest BCUT2D eigenvalue weighted by molar-refractivity contribution is 7.08. The third kappa shape index (κ3) is 2.28. The van der Waals surface area contributed by atoms with Gasteiger partial charge in [-0.3, -0.25) is 4.79 Å². The van der Waals surface area contributed by atoms with Crippen molar-refractivity contribution in [2.75, 3.05) is 26.7 Å². The molecule has 0 aromatic carbocycles. The summed E-state index contributed by atoms with van der Waals surface area (Å²) in [5.74, 6) is 1.35. The summed E-state index contributed by atoms with van der Waals surface area (Å²) in [5, 5.41) is 4.00. The predicted octanol–water partition coefficient (Wildman–Crippen LogP) is -0.579. The SMILES string of the molecule is C[N+]12CCC(CC1)C(C(=O)c1ccsc1)C2.[Cl-]. The van der Waals surface area contributed by atoms with Crippen LogP contribution in [0.25, 0.3) is 0 Å². The van der Waals surface area contributed by atoms with Gasteiger partial charge >= 0.3 is 0 Å². The molecule has 2 bridgehead atoms. The normalized spacial score (nSPS) is 35.4. The van der Waals surface area contributed by atoms with Crippen LogP contribution in [-0.4, -0.2) is 36.9 Å². The number of thiophene rings is 1. The minimum atomic E-state index is 0. The molecule has 0 aliphatic carbocycles. The van der Waals surface area contributed by atoms with Gasteiger partial charge in [0.05, 0.1) is 32.6 Å². The molecule has 17 heavy (non-hydrogen) atoms. The van der Waals surface area contributed by atoms with Gasteiger partial charge in [0, 0.05) is 23.8 Å². The molecule has 0 amide bonds. The molecular formula is C13H18ClNOS. The Morgan fingerprint density at radius 1 is 1.41 bits per heavy atom. The van der Waals surface area contributed by atoms with E-state index in [9.17, 15) is 4.79 Å². The molecule has 3 aliphatic heterocycles. The Hall–Kier alpha value is -0.380. The average molecular weight is 272 g/mol. The van der Waals surface area contributed by atoms with Gasteiger partial charge in [-0.15, -0.1) is 0 Å². The maximum absolute atomic E-state index is 12.4. The van der Waals surface area contributed by atoms with Crippen LogP contribution in [0.5, 0.6) is 0 Å². The van der Waals surface area contributed by atoms with Crippen LogP contribution in [0.15, 0.2) is 16.8 Å². The molecule has 1 aromatic heterocycles. The van der Waals surface area contributed by atoms with E-state index in [0.717, 1.165) is 16.6 Å². The fourth-order valence-corrected chi connectivity index (χ4v) is 3.98. The molecule has 4 heteroatoms. The summed E-state index contributed by atoms with van der Waals surface area (Å²) < 4.78 is 1.12. The van der Waals surface area contributed by atoms with Gasteiger partial charge < -0.3 is 16.9 Å². The van der Waals surface area contributed by atoms with E-state index in [1.807, 2.05) is 16.8 Å². The van der Waals surface area contributed by atoms with Crippen LogP contribution in [0.1, 0.15) is 23.2 Å². The monoisotopic (exact) mass is 271 g/mol. The van der Waals surface area contributed by atoms with Crippen molar-refractivity contribution in [2.24, 2.45) is 11.8 Å². The molecule has 0 N–H and O–H groups in total. The third-order valence-electron chi connectivity index (χ3n) is 4.43. The number of carbonyl (C=O) groups is 1. The van der Waals surface area contributed by atoms with Crippen LogP contribution in [-0.2, 0) is 0 Å². The second-order valence-electron chi connectivity index (χ2n) is 5.57. The van der Waals surface area contributed by atoms with Crippen LogP contribution >= 0.6 is 11.3 Å². The molecular weight excluding hydrogens is 254 g/mol. The molecule has 1 aromatic rings. The van der Waals surface area contributed by atoms with Gasteiger partial charge in [0.2, 0.25) is 0 Å². The van der Waals surface area contributed by atoms with E-state index in [0.29, 0.717) is 17.6 Å². The zero-order chi connectivity index (χ0) is 11.2. The number of piperidine rings is 3. The number of hydrogen-bond donors (Lipinski definition) is 0. The van der Waals surface area contributed by atoms with E-state index in [2.05, 4.69) is 7.05 Å². The summed E-state index contributed by atoms with van der Waals surface area (Å²) in [5.41, 5.74) is 0.940. The zero-order valence-corrected chi connectivity index (χ0v) is 11.6. The second kappa shape index (κ2) is 4.71. The number of fused-ring (bicyclic) bond motifs is 3. The Labute approximate surface area is 113 Å². The van der Waals surface area contributed by atoms with E-state index < -0.39 is 0 Å². The number of ketones is 1. The van der Waals surface area contributed by atoms with Crippen molar-refractivity contribution in [3.63, 3.8) is 0 Å². The number of nitrogens with zero attached hydrogens (tertiary/aromatic N) is 1. The highest BCUT2D eigenvalue weighted by atomic mass is 35.5. The number of quaternary nitrogens is 1. The lowest BCUT2D eigenvalue weighted by Gasteiger charge is -2.50. The Kier molecular flexibility index (Phi) is 3.62. The van der Waals surface area contributed by atoms with Crippen molar-refractivity contribution in [3.05, 3.63) is 22.4 Å². The highest BCUT2D eigenvalue weighted by Gasteiger charge is 2.46. The Balaban J connectivity index is 0.00000108. The Bertz CT molecular complexity index is 396. The fraction of sp³-hybridized carbons (Fsp3) is 0.615. The smallest absolute Gasteiger partial charge is 0.172 e. The molecule has 2 nitrogen and oxygen atoms in total. The van der Waals surface area contributed by atoms with Gasteiger partial charge in [-0.25, -0.2) is 0 Å². The van der Waals surface area contributed by atoms with E-state index in [-0.39, 0.29) is 12.4 Å². The average Bonchev–Trinajstić information content (AvgIpc) is 2.81. The lowest BCUT2D eigenvalue weighted by molar-refractivity contribution is -0.927. The lowest BCUT2D eigenvalue weighted by Crippen LogP contribution is -3.00. The summed E-state index contributed by atoms with van der Waals surface area (Å²) in [7, 11) is 2.31. The number of Topliss-reactive ketones (excluding diaryl/α,β-unsaturated/α-hetero) is 1. The van der Waals surface area contributed by atoms with Crippen molar-refractivity contribution < 1.29 is 21.7 Å². The molecule has 1 atom stereocenters. The van der Waals surface area contributed by atoms with E-state index >= 15 is 0 Å². The number of rotatable bonds is 2. The van der Waals surface area contributed by atoms with Gasteiger partial charge in [-0.2, -0.15) is 11.3 Å². The van der Waals surface area contributed by atoms with Crippen molar-refractivity contribution in [1.82, 2.24) is 0 Å². The third-order valence-corrected chi connectivity index (χ3v) is 5.11. The number of hydrogen-bond acceptors (Lipinski definition) is 2. The first-order valence-corrected chi connectivity index (χ1v) is 7.02. The number of carbonyl (C=O) groups excluding carboxylic acids is 1. The quantitative estimate of drug-likeness (QED) is 0.520. The molecule has 3 saturated heterocycles. The Morgan fingerprint density at radius 3 is 2.65 bits per heavy atom. The largest absolute Gasteiger partial charge is 1.00 e. The molecule has 4 rings (SSSR count). The van der Waals surface area contributed by atoms with Gasteiger partial charge in [0.15, 0.2) is 5.78 Å². The molecule has 4 heterocycles. The van der Waals surface area contributed by atoms with Crippen LogP contribution in [0, 0.1) is 11.8 Å². The number of halogens is 1. The van der Waals surface area contributed by atoms with Crippen LogP contribution < -0.4 is 12.4 Å². The van der Waals surface area contributed by atoms with Crippen molar-refractivity contribution in [1.29, 1.82) is 0 Å². The van der Waals surface area contributed by atoms with Crippen molar-refractivity contribution in [2.45, 2.75) is 12.8 Å². The van der Waals surface area contributed by atoms with E-state index in [4.69, 9.17) is 0 Å². The van der Waals surface area contributed by atoms with Gasteiger partial charge in [0.25, 0.3) is 0 Å². The van der Waals surface area contributed by atoms with Crippen LogP contribution in [0.4, 0.5) is 0 Å². The van der Waals surface area contributed by atoms with Crippen LogP contribution in [0.3, 0.4) is 0 Å². The van der Waals surface area contributed by atoms with E-state index in [1.54, 1.807) is 11.3 Å². The van der Waals surface area contributed by atoms with Crippen molar-refractivity contribution in [3.8, 4) is 0 Å². The van der Waals surface area contributed by atoms with Crippen molar-refractivity contribution >= 4 is 17.1 Å². The first kappa shape index (κ1) is 13.1. The highest BCUT2D eigenvalue weighted by Crippen LogP contribution is 2.38. The minimum Gasteiger partial charge on any atom is -1.00 e. The first-order chi connectivity index (χ1) is 7.68. The molecule has 94 valence electrons. The standard InChI is InChI=1S/C13H18NOS.ClH/c1-14-5-2-10(3-6-14)12(8-14)13(15)11-4-7-16-9-11;/h4,7,9-10,12H,2-3,5-6,8H2,1H3;1H/q+1;/p-1. The molecule has 1 unspecified atom stereocenters. The maximum atomic E-state index is 12.4. The lowest BCUT2D eigenvalue weighted by atomic mass is 9.74. The van der Waals surface area contributed by atoms with Gasteiger partial charge in [0.1, 0.15) is 0 Å². The first-order valence-electron chi connectivity index (χ1n) is 6.08. The molecule has 0 radical (unpaired) electrons. The molecule has 3 fully saturated rings. The molecule has 0 saturated carbocycles. The summed E-state index contributed by atoms with van der Waals surface area (Å²) in [4.78, 5) is 12.4. The second-order valence-corrected chi connectivity index (χ2v) is 6.35. The fourth-order valence-electron chi connectivity index (χ4n) is 3.34. The molecule has 3 aliphatic rings. The topological polar surface area (TPSA) is 17.1 Å². The summed E-state index contributed by atoms with van der Waals surface area (Å²) >= 11 is 1.63. The summed E-state index contributed by atoms with van der Waals surface area (Å²) in [6, 6.07) is 1.98. The maximum Gasteiger partial charge on any atom is 0.172 e. The zero-order valence-electron chi connectivity index (χ0n) is 10.1. The minimum absolute atomic E-state index is 0. The molecule has 0 spiro atoms. The van der Waals surface area contributed by atoms with Crippen LogP contribution in [0.2, 0.25) is 0 Å². The predicted molar refractivity (Wildman–Crippen MR) is 65.6 cm³/mol. The summed E-state index contributed by atoms with van der Waals surface area (Å²) in [6.45, 7) is 3.62. The summed E-state index contributed by atoms with van der Waals surface area (Å²) in [6.07, 6.45) is 2.49. The van der Waals surface area contributed by atoms with Gasteiger partial charge in [-0.1, -0.05) is 0 Å². The van der Waals surface area contributed by atoms with Gasteiger partial charge in [-0.05, 0) is 17.4 Å².